The lowest BCUT2D eigenvalue weighted by Gasteiger charge is -2.21. The van der Waals surface area contributed by atoms with Gasteiger partial charge in [0.25, 0.3) is 0 Å². The summed E-state index contributed by atoms with van der Waals surface area (Å²) < 4.78 is 0. The van der Waals surface area contributed by atoms with Crippen LogP contribution in [0.2, 0.25) is 0 Å². The molecular weight excluding hydrogens is 318 g/mol. The van der Waals surface area contributed by atoms with Crippen LogP contribution in [0.15, 0.2) is 84.9 Å². The molecule has 1 amide bonds. The number of carbonyl (C=O) groups is 1. The standard InChI is InChI=1S/C18H14.C6H11NO/c1-3-9-15(10-4-1)17-13-7-8-14-18(17)16-11-5-2-6-12-16;1-7-5-3-2-4-6(7)8/h1-14H;2-5H2,1H3. The first-order valence-electron chi connectivity index (χ1n) is 9.19. The fraction of sp³-hybridized carbons (Fsp3) is 0.208. The first-order valence-corrected chi connectivity index (χ1v) is 9.19. The van der Waals surface area contributed by atoms with Crippen LogP contribution < -0.4 is 0 Å². The average Bonchev–Trinajstić information content (AvgIpc) is 2.72. The number of piperidine rings is 1. The number of nitrogens with zero attached hydrogens (tertiary/aromatic N) is 1. The second-order valence-electron chi connectivity index (χ2n) is 6.55. The largest absolute Gasteiger partial charge is 0.346 e. The predicted molar refractivity (Wildman–Crippen MR) is 109 cm³/mol. The summed E-state index contributed by atoms with van der Waals surface area (Å²) in [5.74, 6) is 0.302. The molecule has 1 heterocycles. The molecule has 132 valence electrons. The van der Waals surface area contributed by atoms with E-state index in [1.54, 1.807) is 4.90 Å². The molecule has 3 aromatic carbocycles. The van der Waals surface area contributed by atoms with E-state index in [-0.39, 0.29) is 0 Å². The molecule has 0 bridgehead atoms. The maximum absolute atomic E-state index is 10.7. The first kappa shape index (κ1) is 17.9. The van der Waals surface area contributed by atoms with E-state index >= 15 is 0 Å². The topological polar surface area (TPSA) is 20.3 Å². The van der Waals surface area contributed by atoms with E-state index in [1.807, 2.05) is 7.05 Å². The lowest BCUT2D eigenvalue weighted by Crippen LogP contribution is -2.31. The maximum atomic E-state index is 10.7. The van der Waals surface area contributed by atoms with Gasteiger partial charge < -0.3 is 4.90 Å². The molecule has 1 aliphatic heterocycles. The lowest BCUT2D eigenvalue weighted by atomic mass is 9.95. The zero-order chi connectivity index (χ0) is 18.2. The van der Waals surface area contributed by atoms with E-state index in [1.165, 1.54) is 28.7 Å². The SMILES string of the molecule is CN1CCCCC1=O.c1ccc(-c2ccccc2-c2ccccc2)cc1. The molecule has 3 aromatic rings. The molecular formula is C24H25NO. The summed E-state index contributed by atoms with van der Waals surface area (Å²) in [6.07, 6.45) is 3.03. The van der Waals surface area contributed by atoms with Gasteiger partial charge in [-0.3, -0.25) is 4.79 Å². The van der Waals surface area contributed by atoms with Gasteiger partial charge in [0.1, 0.15) is 0 Å². The Balaban J connectivity index is 0.000000206. The van der Waals surface area contributed by atoms with Crippen LogP contribution in [0, 0.1) is 0 Å². The third-order valence-electron chi connectivity index (χ3n) is 4.66. The maximum Gasteiger partial charge on any atom is 0.222 e. The number of likely N-dealkylation sites (tertiary alicyclic amines) is 1. The summed E-state index contributed by atoms with van der Waals surface area (Å²) in [6.45, 7) is 0.957. The van der Waals surface area contributed by atoms with Gasteiger partial charge in [-0.1, -0.05) is 84.9 Å². The van der Waals surface area contributed by atoms with Crippen LogP contribution in [0.1, 0.15) is 19.3 Å². The number of benzene rings is 3. The summed E-state index contributed by atoms with van der Waals surface area (Å²) in [6, 6.07) is 29.6. The van der Waals surface area contributed by atoms with E-state index in [9.17, 15) is 4.79 Å². The van der Waals surface area contributed by atoms with Gasteiger partial charge in [0.15, 0.2) is 0 Å². The van der Waals surface area contributed by atoms with Gasteiger partial charge in [0.05, 0.1) is 0 Å². The smallest absolute Gasteiger partial charge is 0.222 e. The molecule has 0 saturated carbocycles. The van der Waals surface area contributed by atoms with Crippen molar-refractivity contribution in [1.82, 2.24) is 4.90 Å². The number of carbonyl (C=O) groups excluding carboxylic acids is 1. The quantitative estimate of drug-likeness (QED) is 0.589. The highest BCUT2D eigenvalue weighted by Crippen LogP contribution is 2.31. The van der Waals surface area contributed by atoms with E-state index in [0.717, 1.165) is 19.4 Å². The van der Waals surface area contributed by atoms with Crippen molar-refractivity contribution in [3.05, 3.63) is 84.9 Å². The number of hydrogen-bond donors (Lipinski definition) is 0. The minimum absolute atomic E-state index is 0.302. The molecule has 0 radical (unpaired) electrons. The molecule has 2 nitrogen and oxygen atoms in total. The molecule has 0 aliphatic carbocycles. The molecule has 0 N–H and O–H groups in total. The summed E-state index contributed by atoms with van der Waals surface area (Å²) in [4.78, 5) is 12.5. The van der Waals surface area contributed by atoms with Crippen LogP contribution in [-0.4, -0.2) is 24.4 Å². The van der Waals surface area contributed by atoms with Crippen LogP contribution in [0.3, 0.4) is 0 Å². The molecule has 0 unspecified atom stereocenters. The molecule has 4 rings (SSSR count). The zero-order valence-electron chi connectivity index (χ0n) is 15.3. The summed E-state index contributed by atoms with van der Waals surface area (Å²) >= 11 is 0. The third kappa shape index (κ3) is 4.60. The van der Waals surface area contributed by atoms with Gasteiger partial charge in [-0.2, -0.15) is 0 Å². The van der Waals surface area contributed by atoms with Gasteiger partial charge in [-0.25, -0.2) is 0 Å². The van der Waals surface area contributed by atoms with Gasteiger partial charge in [0.2, 0.25) is 5.91 Å². The van der Waals surface area contributed by atoms with Crippen molar-refractivity contribution < 1.29 is 4.79 Å². The number of rotatable bonds is 2. The minimum Gasteiger partial charge on any atom is -0.346 e. The normalized spacial score (nSPS) is 13.7. The van der Waals surface area contributed by atoms with Crippen molar-refractivity contribution >= 4 is 5.91 Å². The van der Waals surface area contributed by atoms with Crippen molar-refractivity contribution in [3.63, 3.8) is 0 Å². The van der Waals surface area contributed by atoms with Crippen molar-refractivity contribution in [3.8, 4) is 22.3 Å². The van der Waals surface area contributed by atoms with Crippen molar-refractivity contribution in [2.45, 2.75) is 19.3 Å². The molecule has 2 heteroatoms. The Morgan fingerprint density at radius 2 is 1.12 bits per heavy atom. The molecule has 0 aromatic heterocycles. The summed E-state index contributed by atoms with van der Waals surface area (Å²) in [7, 11) is 1.86. The van der Waals surface area contributed by atoms with E-state index in [4.69, 9.17) is 0 Å². The summed E-state index contributed by atoms with van der Waals surface area (Å²) in [5, 5.41) is 0. The summed E-state index contributed by atoms with van der Waals surface area (Å²) in [5.41, 5.74) is 5.09. The van der Waals surface area contributed by atoms with E-state index < -0.39 is 0 Å². The Bertz CT molecular complexity index is 769. The lowest BCUT2D eigenvalue weighted by molar-refractivity contribution is -0.131. The first-order chi connectivity index (χ1) is 12.8. The fourth-order valence-corrected chi connectivity index (χ4v) is 3.16. The molecule has 1 saturated heterocycles. The molecule has 1 fully saturated rings. The van der Waals surface area contributed by atoms with Crippen molar-refractivity contribution in [2.75, 3.05) is 13.6 Å². The van der Waals surface area contributed by atoms with Gasteiger partial charge in [0, 0.05) is 20.0 Å². The van der Waals surface area contributed by atoms with E-state index in [2.05, 4.69) is 84.9 Å². The van der Waals surface area contributed by atoms with Crippen molar-refractivity contribution in [1.29, 1.82) is 0 Å². The Hall–Kier alpha value is -2.87. The van der Waals surface area contributed by atoms with Gasteiger partial charge in [-0.15, -0.1) is 0 Å². The fourth-order valence-electron chi connectivity index (χ4n) is 3.16. The molecule has 0 spiro atoms. The zero-order valence-corrected chi connectivity index (χ0v) is 15.3. The van der Waals surface area contributed by atoms with Gasteiger partial charge >= 0.3 is 0 Å². The minimum atomic E-state index is 0.302. The monoisotopic (exact) mass is 343 g/mol. The Labute approximate surface area is 156 Å². The van der Waals surface area contributed by atoms with Crippen LogP contribution in [0.4, 0.5) is 0 Å². The highest BCUT2D eigenvalue weighted by atomic mass is 16.2. The predicted octanol–water partition coefficient (Wildman–Crippen LogP) is 5.65. The number of amides is 1. The Morgan fingerprint density at radius 1 is 0.654 bits per heavy atom. The highest BCUT2D eigenvalue weighted by molar-refractivity contribution is 5.83. The van der Waals surface area contributed by atoms with Crippen LogP contribution in [0.25, 0.3) is 22.3 Å². The highest BCUT2D eigenvalue weighted by Gasteiger charge is 2.12. The molecule has 1 aliphatic rings. The second kappa shape index (κ2) is 9.00. The molecule has 0 atom stereocenters. The third-order valence-corrected chi connectivity index (χ3v) is 4.66. The Kier molecular flexibility index (Phi) is 6.21. The number of hydrogen-bond acceptors (Lipinski definition) is 1. The van der Waals surface area contributed by atoms with Gasteiger partial charge in [-0.05, 0) is 35.1 Å². The van der Waals surface area contributed by atoms with Crippen LogP contribution in [-0.2, 0) is 4.79 Å². The van der Waals surface area contributed by atoms with Crippen LogP contribution in [0.5, 0.6) is 0 Å². The second-order valence-corrected chi connectivity index (χ2v) is 6.55. The molecule has 26 heavy (non-hydrogen) atoms. The Morgan fingerprint density at radius 3 is 1.50 bits per heavy atom. The van der Waals surface area contributed by atoms with Crippen LogP contribution >= 0.6 is 0 Å². The average molecular weight is 343 g/mol. The van der Waals surface area contributed by atoms with E-state index in [0.29, 0.717) is 5.91 Å². The van der Waals surface area contributed by atoms with Crippen molar-refractivity contribution in [2.24, 2.45) is 0 Å².